The molecule has 0 bridgehead atoms. The molecular formula is C12H15N3O5S. The highest BCUT2D eigenvalue weighted by molar-refractivity contribution is 7.99. The average Bonchev–Trinajstić information content (AvgIpc) is 2.46. The average molecular weight is 313 g/mol. The van der Waals surface area contributed by atoms with Gasteiger partial charge in [0.15, 0.2) is 12.3 Å². The molecule has 9 heteroatoms. The zero-order valence-electron chi connectivity index (χ0n) is 11.5. The van der Waals surface area contributed by atoms with Crippen molar-refractivity contribution in [2.45, 2.75) is 18.1 Å². The Morgan fingerprint density at radius 2 is 2.14 bits per heavy atom. The van der Waals surface area contributed by atoms with Gasteiger partial charge in [-0.15, -0.1) is 0 Å². The third-order valence-electron chi connectivity index (χ3n) is 2.27. The van der Waals surface area contributed by atoms with Crippen LogP contribution in [0.4, 0.5) is 4.79 Å². The van der Waals surface area contributed by atoms with Crippen molar-refractivity contribution in [3.63, 3.8) is 0 Å². The molecule has 1 heterocycles. The number of amides is 3. The third kappa shape index (κ3) is 5.69. The van der Waals surface area contributed by atoms with Crippen LogP contribution < -0.4 is 15.4 Å². The number of nitrogens with one attached hydrogen (secondary N) is 2. The summed E-state index contributed by atoms with van der Waals surface area (Å²) >= 11 is 0.992. The van der Waals surface area contributed by atoms with Crippen LogP contribution in [0.5, 0.6) is 0 Å². The number of carbonyl (C=O) groups excluding carboxylic acids is 3. The molecule has 1 unspecified atom stereocenters. The summed E-state index contributed by atoms with van der Waals surface area (Å²) in [5.74, 6) is -1.51. The number of rotatable bonds is 5. The number of thioether (sulfide) groups is 1. The Balaban J connectivity index is 2.41. The van der Waals surface area contributed by atoms with Crippen LogP contribution in [0.1, 0.15) is 6.92 Å². The monoisotopic (exact) mass is 313 g/mol. The maximum absolute atomic E-state index is 11.6. The van der Waals surface area contributed by atoms with Crippen molar-refractivity contribution in [2.24, 2.45) is 0 Å². The largest absolute Gasteiger partial charge is 0.618 e. The van der Waals surface area contributed by atoms with Crippen LogP contribution in [0.3, 0.4) is 0 Å². The van der Waals surface area contributed by atoms with Crippen LogP contribution in [0, 0.1) is 5.21 Å². The van der Waals surface area contributed by atoms with Crippen molar-refractivity contribution in [3.8, 4) is 0 Å². The van der Waals surface area contributed by atoms with Crippen LogP contribution in [0.25, 0.3) is 0 Å². The number of imide groups is 1. The van der Waals surface area contributed by atoms with E-state index in [4.69, 9.17) is 4.74 Å². The minimum absolute atomic E-state index is 0.121. The normalized spacial score (nSPS) is 11.3. The molecule has 0 aliphatic heterocycles. The van der Waals surface area contributed by atoms with Crippen LogP contribution in [0.15, 0.2) is 29.4 Å². The minimum Gasteiger partial charge on any atom is -0.618 e. The highest BCUT2D eigenvalue weighted by Crippen LogP contribution is 2.12. The van der Waals surface area contributed by atoms with Gasteiger partial charge in [0.25, 0.3) is 10.9 Å². The SMILES string of the molecule is CNC(=O)NC(=O)C(C)OC(=O)CSc1cccc[n+]1[O-]. The highest BCUT2D eigenvalue weighted by Gasteiger charge is 2.20. The molecule has 0 aliphatic carbocycles. The Labute approximate surface area is 125 Å². The summed E-state index contributed by atoms with van der Waals surface area (Å²) in [6.45, 7) is 1.34. The zero-order valence-corrected chi connectivity index (χ0v) is 12.3. The van der Waals surface area contributed by atoms with Crippen molar-refractivity contribution < 1.29 is 23.9 Å². The lowest BCUT2D eigenvalue weighted by Gasteiger charge is -2.12. The second kappa shape index (κ2) is 8.10. The molecule has 0 spiro atoms. The second-order valence-electron chi connectivity index (χ2n) is 3.85. The van der Waals surface area contributed by atoms with Crippen LogP contribution in [-0.4, -0.2) is 36.8 Å². The number of urea groups is 1. The molecule has 1 rings (SSSR count). The summed E-state index contributed by atoms with van der Waals surface area (Å²) < 4.78 is 5.48. The number of carbonyl (C=O) groups is 3. The van der Waals surface area contributed by atoms with E-state index in [1.807, 2.05) is 5.32 Å². The van der Waals surface area contributed by atoms with Gasteiger partial charge in [0.1, 0.15) is 5.75 Å². The summed E-state index contributed by atoms with van der Waals surface area (Å²) in [4.78, 5) is 34.0. The molecule has 2 N–H and O–H groups in total. The quantitative estimate of drug-likeness (QED) is 0.337. The van der Waals surface area contributed by atoms with E-state index in [9.17, 15) is 19.6 Å². The Morgan fingerprint density at radius 1 is 1.43 bits per heavy atom. The Hall–Kier alpha value is -2.29. The molecular weight excluding hydrogens is 298 g/mol. The maximum Gasteiger partial charge on any atom is 0.321 e. The molecule has 1 aromatic heterocycles. The Morgan fingerprint density at radius 3 is 2.76 bits per heavy atom. The summed E-state index contributed by atoms with van der Waals surface area (Å²) in [7, 11) is 1.36. The fraction of sp³-hybridized carbons (Fsp3) is 0.333. The number of hydrogen-bond donors (Lipinski definition) is 2. The van der Waals surface area contributed by atoms with Crippen molar-refractivity contribution in [1.82, 2.24) is 10.6 Å². The number of esters is 1. The third-order valence-corrected chi connectivity index (χ3v) is 3.26. The van der Waals surface area contributed by atoms with Gasteiger partial charge in [-0.05, 0) is 24.8 Å². The molecule has 1 atom stereocenters. The Kier molecular flexibility index (Phi) is 6.47. The number of hydrogen-bond acceptors (Lipinski definition) is 6. The van der Waals surface area contributed by atoms with Crippen LogP contribution >= 0.6 is 11.8 Å². The molecule has 1 aromatic rings. The fourth-order valence-corrected chi connectivity index (χ4v) is 1.91. The second-order valence-corrected chi connectivity index (χ2v) is 4.85. The first-order valence-electron chi connectivity index (χ1n) is 5.97. The maximum atomic E-state index is 11.6. The molecule has 0 radical (unpaired) electrons. The van der Waals surface area contributed by atoms with Crippen molar-refractivity contribution in [3.05, 3.63) is 29.6 Å². The van der Waals surface area contributed by atoms with Crippen molar-refractivity contribution in [1.29, 1.82) is 0 Å². The molecule has 0 saturated heterocycles. The molecule has 114 valence electrons. The van der Waals surface area contributed by atoms with E-state index in [0.29, 0.717) is 9.76 Å². The van der Waals surface area contributed by atoms with Gasteiger partial charge < -0.3 is 15.3 Å². The van der Waals surface area contributed by atoms with Gasteiger partial charge in [-0.3, -0.25) is 14.9 Å². The van der Waals surface area contributed by atoms with E-state index in [2.05, 4.69) is 5.32 Å². The lowest BCUT2D eigenvalue weighted by atomic mass is 10.4. The summed E-state index contributed by atoms with van der Waals surface area (Å²) in [6.07, 6.45) is 0.207. The van der Waals surface area contributed by atoms with Gasteiger partial charge in [0, 0.05) is 19.2 Å². The number of nitrogens with zero attached hydrogens (tertiary/aromatic N) is 1. The first kappa shape index (κ1) is 16.8. The number of aromatic nitrogens is 1. The number of ether oxygens (including phenoxy) is 1. The van der Waals surface area contributed by atoms with E-state index < -0.39 is 24.0 Å². The first-order valence-corrected chi connectivity index (χ1v) is 6.95. The molecule has 0 aromatic carbocycles. The van der Waals surface area contributed by atoms with Gasteiger partial charge in [-0.2, -0.15) is 4.73 Å². The summed E-state index contributed by atoms with van der Waals surface area (Å²) in [6, 6.07) is 4.11. The van der Waals surface area contributed by atoms with Crippen molar-refractivity contribution in [2.75, 3.05) is 12.8 Å². The molecule has 21 heavy (non-hydrogen) atoms. The Bertz CT molecular complexity index is 537. The molecule has 0 saturated carbocycles. The smallest absolute Gasteiger partial charge is 0.321 e. The van der Waals surface area contributed by atoms with Crippen molar-refractivity contribution >= 4 is 29.7 Å². The predicted molar refractivity (Wildman–Crippen MR) is 74.3 cm³/mol. The van der Waals surface area contributed by atoms with E-state index in [0.717, 1.165) is 11.8 Å². The lowest BCUT2D eigenvalue weighted by Crippen LogP contribution is -2.43. The van der Waals surface area contributed by atoms with Gasteiger partial charge in [-0.25, -0.2) is 4.79 Å². The molecule has 0 aliphatic rings. The predicted octanol–water partition coefficient (Wildman–Crippen LogP) is -0.201. The standard InChI is InChI=1S/C12H15N3O5S/c1-8(11(17)14-12(18)13-2)20-10(16)7-21-9-5-3-4-6-15(9)19/h3-6,8H,7H2,1-2H3,(H2,13,14,17,18). The van der Waals surface area contributed by atoms with Crippen LogP contribution in [-0.2, 0) is 14.3 Å². The summed E-state index contributed by atoms with van der Waals surface area (Å²) in [5, 5.41) is 15.9. The van der Waals surface area contributed by atoms with E-state index in [1.54, 1.807) is 18.2 Å². The topological polar surface area (TPSA) is 111 Å². The van der Waals surface area contributed by atoms with Gasteiger partial charge >= 0.3 is 12.0 Å². The van der Waals surface area contributed by atoms with Crippen LogP contribution in [0.2, 0.25) is 0 Å². The molecule has 0 fully saturated rings. The molecule has 8 nitrogen and oxygen atoms in total. The highest BCUT2D eigenvalue weighted by atomic mass is 32.2. The molecule has 3 amide bonds. The fourth-order valence-electron chi connectivity index (χ4n) is 1.22. The van der Waals surface area contributed by atoms with Gasteiger partial charge in [-0.1, -0.05) is 0 Å². The summed E-state index contributed by atoms with van der Waals surface area (Å²) in [5.41, 5.74) is 0. The minimum atomic E-state index is -1.11. The first-order chi connectivity index (χ1) is 9.93. The van der Waals surface area contributed by atoms with E-state index in [-0.39, 0.29) is 5.75 Å². The van der Waals surface area contributed by atoms with E-state index >= 15 is 0 Å². The van der Waals surface area contributed by atoms with Gasteiger partial charge in [0.05, 0.1) is 0 Å². The zero-order chi connectivity index (χ0) is 15.8. The lowest BCUT2D eigenvalue weighted by molar-refractivity contribution is -0.645. The number of pyridine rings is 1. The van der Waals surface area contributed by atoms with Gasteiger partial charge in [0.2, 0.25) is 0 Å². The van der Waals surface area contributed by atoms with E-state index in [1.165, 1.54) is 20.2 Å².